The van der Waals surface area contributed by atoms with Crippen molar-refractivity contribution in [2.24, 2.45) is 5.92 Å². The van der Waals surface area contributed by atoms with Crippen molar-refractivity contribution in [2.75, 3.05) is 13.2 Å². The zero-order valence-electron chi connectivity index (χ0n) is 12.1. The van der Waals surface area contributed by atoms with Gasteiger partial charge >= 0.3 is 11.9 Å². The summed E-state index contributed by atoms with van der Waals surface area (Å²) in [6.07, 6.45) is 0. The van der Waals surface area contributed by atoms with Gasteiger partial charge in [0.25, 0.3) is 5.69 Å². The summed E-state index contributed by atoms with van der Waals surface area (Å²) in [5.74, 6) is -4.58. The summed E-state index contributed by atoms with van der Waals surface area (Å²) in [5.41, 5.74) is -0.225. The number of nitro groups is 1. The number of rotatable bonds is 7. The summed E-state index contributed by atoms with van der Waals surface area (Å²) in [7, 11) is 0. The zero-order valence-corrected chi connectivity index (χ0v) is 12.1. The largest absolute Gasteiger partial charge is 0.465 e. The Bertz CT molecular complexity index is 561. The Morgan fingerprint density at radius 2 is 1.50 bits per heavy atom. The van der Waals surface area contributed by atoms with Crippen molar-refractivity contribution >= 4 is 23.4 Å². The fourth-order valence-electron chi connectivity index (χ4n) is 1.68. The van der Waals surface area contributed by atoms with E-state index in [4.69, 9.17) is 9.47 Å². The first-order valence-corrected chi connectivity index (χ1v) is 6.54. The molecule has 0 saturated carbocycles. The molecule has 8 nitrogen and oxygen atoms in total. The molecule has 0 bridgehead atoms. The first-order chi connectivity index (χ1) is 10.4. The molecule has 0 aliphatic rings. The van der Waals surface area contributed by atoms with Crippen molar-refractivity contribution in [1.82, 2.24) is 0 Å². The quantitative estimate of drug-likeness (QED) is 0.247. The van der Waals surface area contributed by atoms with Crippen LogP contribution in [0.1, 0.15) is 24.2 Å². The molecule has 1 aromatic rings. The fourth-order valence-corrected chi connectivity index (χ4v) is 1.68. The van der Waals surface area contributed by atoms with Crippen LogP contribution in [0.3, 0.4) is 0 Å². The molecule has 1 rings (SSSR count). The molecule has 1 aromatic carbocycles. The Morgan fingerprint density at radius 1 is 1.05 bits per heavy atom. The fraction of sp³-hybridized carbons (Fsp3) is 0.357. The Hall–Kier alpha value is -2.77. The summed E-state index contributed by atoms with van der Waals surface area (Å²) in [5, 5.41) is 10.6. The number of esters is 2. The Balaban J connectivity index is 3.07. The molecule has 0 spiro atoms. The topological polar surface area (TPSA) is 113 Å². The highest BCUT2D eigenvalue weighted by Crippen LogP contribution is 2.17. The van der Waals surface area contributed by atoms with Gasteiger partial charge in [0.1, 0.15) is 0 Å². The molecular weight excluding hydrogens is 294 g/mol. The second-order valence-corrected chi connectivity index (χ2v) is 4.11. The van der Waals surface area contributed by atoms with Crippen molar-refractivity contribution < 1.29 is 28.8 Å². The van der Waals surface area contributed by atoms with Gasteiger partial charge in [0.05, 0.1) is 18.1 Å². The number of carbonyl (C=O) groups is 3. The van der Waals surface area contributed by atoms with Crippen molar-refractivity contribution in [3.63, 3.8) is 0 Å². The predicted molar refractivity (Wildman–Crippen MR) is 74.2 cm³/mol. The maximum Gasteiger partial charge on any atom is 0.328 e. The van der Waals surface area contributed by atoms with E-state index >= 15 is 0 Å². The average molecular weight is 309 g/mol. The van der Waals surface area contributed by atoms with E-state index in [1.165, 1.54) is 26.0 Å². The molecule has 8 heteroatoms. The average Bonchev–Trinajstić information content (AvgIpc) is 2.48. The molecule has 0 atom stereocenters. The summed E-state index contributed by atoms with van der Waals surface area (Å²) < 4.78 is 9.41. The van der Waals surface area contributed by atoms with Gasteiger partial charge in [-0.25, -0.2) is 0 Å². The van der Waals surface area contributed by atoms with E-state index in [2.05, 4.69) is 0 Å². The van der Waals surface area contributed by atoms with Crippen LogP contribution in [0.2, 0.25) is 0 Å². The van der Waals surface area contributed by atoms with Crippen molar-refractivity contribution in [3.8, 4) is 0 Å². The normalized spacial score (nSPS) is 10.1. The lowest BCUT2D eigenvalue weighted by atomic mass is 9.97. The molecule has 0 amide bonds. The molecule has 0 fully saturated rings. The van der Waals surface area contributed by atoms with Crippen LogP contribution >= 0.6 is 0 Å². The summed E-state index contributed by atoms with van der Waals surface area (Å²) in [6.45, 7) is 3.08. The van der Waals surface area contributed by atoms with E-state index in [1.54, 1.807) is 0 Å². The molecule has 0 heterocycles. The van der Waals surface area contributed by atoms with Gasteiger partial charge in [0.15, 0.2) is 5.78 Å². The number of carbonyl (C=O) groups excluding carboxylic acids is 3. The van der Waals surface area contributed by atoms with Crippen LogP contribution < -0.4 is 0 Å². The monoisotopic (exact) mass is 309 g/mol. The smallest absolute Gasteiger partial charge is 0.328 e. The molecule has 0 unspecified atom stereocenters. The Kier molecular flexibility index (Phi) is 6.18. The highest BCUT2D eigenvalue weighted by Gasteiger charge is 2.37. The van der Waals surface area contributed by atoms with Gasteiger partial charge in [-0.1, -0.05) is 0 Å². The second kappa shape index (κ2) is 7.87. The summed E-state index contributed by atoms with van der Waals surface area (Å²) >= 11 is 0. The van der Waals surface area contributed by atoms with Gasteiger partial charge in [-0.2, -0.15) is 0 Å². The second-order valence-electron chi connectivity index (χ2n) is 4.11. The van der Waals surface area contributed by atoms with Crippen LogP contribution in [-0.2, 0) is 19.1 Å². The standard InChI is InChI=1S/C14H15NO7/c1-3-21-13(17)11(14(18)22-4-2)12(16)9-5-7-10(8-6-9)15(19)20/h5-8,11H,3-4H2,1-2H3. The zero-order chi connectivity index (χ0) is 16.7. The van der Waals surface area contributed by atoms with E-state index in [-0.39, 0.29) is 24.5 Å². The summed E-state index contributed by atoms with van der Waals surface area (Å²) in [4.78, 5) is 45.8. The third kappa shape index (κ3) is 4.11. The van der Waals surface area contributed by atoms with E-state index in [0.29, 0.717) is 0 Å². The third-order valence-electron chi connectivity index (χ3n) is 2.67. The predicted octanol–water partition coefficient (Wildman–Crippen LogP) is 1.52. The molecule has 118 valence electrons. The van der Waals surface area contributed by atoms with Gasteiger partial charge in [-0.05, 0) is 26.0 Å². The van der Waals surface area contributed by atoms with Crippen LogP contribution in [0.5, 0.6) is 0 Å². The number of benzene rings is 1. The number of hydrogen-bond donors (Lipinski definition) is 0. The highest BCUT2D eigenvalue weighted by atomic mass is 16.6. The van der Waals surface area contributed by atoms with E-state index in [1.807, 2.05) is 0 Å². The molecule has 0 N–H and O–H groups in total. The lowest BCUT2D eigenvalue weighted by molar-refractivity contribution is -0.384. The number of nitrogens with zero attached hydrogens (tertiary/aromatic N) is 1. The molecule has 0 aliphatic carbocycles. The van der Waals surface area contributed by atoms with Crippen LogP contribution in [0, 0.1) is 16.0 Å². The van der Waals surface area contributed by atoms with E-state index in [0.717, 1.165) is 12.1 Å². The lowest BCUT2D eigenvalue weighted by Gasteiger charge is -2.13. The van der Waals surface area contributed by atoms with Crippen molar-refractivity contribution in [3.05, 3.63) is 39.9 Å². The van der Waals surface area contributed by atoms with E-state index < -0.39 is 28.6 Å². The molecular formula is C14H15NO7. The van der Waals surface area contributed by atoms with Crippen molar-refractivity contribution in [2.45, 2.75) is 13.8 Å². The highest BCUT2D eigenvalue weighted by molar-refractivity contribution is 6.20. The number of non-ortho nitro benzene ring substituents is 1. The lowest BCUT2D eigenvalue weighted by Crippen LogP contribution is -2.35. The van der Waals surface area contributed by atoms with Gasteiger partial charge in [-0.3, -0.25) is 24.5 Å². The third-order valence-corrected chi connectivity index (χ3v) is 2.67. The van der Waals surface area contributed by atoms with Crippen LogP contribution in [-0.4, -0.2) is 35.9 Å². The number of nitro benzene ring substituents is 1. The first-order valence-electron chi connectivity index (χ1n) is 6.54. The maximum atomic E-state index is 12.3. The number of ether oxygens (including phenoxy) is 2. The number of Topliss-reactive ketones (excluding diaryl/α,β-unsaturated/α-hetero) is 1. The van der Waals surface area contributed by atoms with Gasteiger partial charge in [0.2, 0.25) is 5.92 Å². The minimum Gasteiger partial charge on any atom is -0.465 e. The minimum atomic E-state index is -1.73. The first kappa shape index (κ1) is 17.3. The molecule has 0 aromatic heterocycles. The number of hydrogen-bond acceptors (Lipinski definition) is 7. The van der Waals surface area contributed by atoms with Crippen LogP contribution in [0.25, 0.3) is 0 Å². The van der Waals surface area contributed by atoms with Gasteiger partial charge in [-0.15, -0.1) is 0 Å². The molecule has 22 heavy (non-hydrogen) atoms. The molecule has 0 aliphatic heterocycles. The van der Waals surface area contributed by atoms with E-state index in [9.17, 15) is 24.5 Å². The molecule has 0 saturated heterocycles. The van der Waals surface area contributed by atoms with Gasteiger partial charge < -0.3 is 9.47 Å². The van der Waals surface area contributed by atoms with Crippen molar-refractivity contribution in [1.29, 1.82) is 0 Å². The SMILES string of the molecule is CCOC(=O)C(C(=O)OCC)C(=O)c1ccc([N+](=O)[O-])cc1. The minimum absolute atomic E-state index is 0.00226. The Labute approximate surface area is 126 Å². The Morgan fingerprint density at radius 3 is 1.86 bits per heavy atom. The van der Waals surface area contributed by atoms with Gasteiger partial charge in [0, 0.05) is 17.7 Å². The molecule has 0 radical (unpaired) electrons. The summed E-state index contributed by atoms with van der Waals surface area (Å²) in [6, 6.07) is 4.57. The maximum absolute atomic E-state index is 12.3. The van der Waals surface area contributed by atoms with Crippen LogP contribution in [0.15, 0.2) is 24.3 Å². The number of ketones is 1. The van der Waals surface area contributed by atoms with Crippen LogP contribution in [0.4, 0.5) is 5.69 Å².